The Labute approximate surface area is 104 Å². The Balaban J connectivity index is 2.56. The molecule has 18 heavy (non-hydrogen) atoms. The van der Waals surface area contributed by atoms with Gasteiger partial charge in [0.05, 0.1) is 5.56 Å². The molecule has 0 unspecified atom stereocenters. The molecule has 0 aliphatic carbocycles. The lowest BCUT2D eigenvalue weighted by Crippen LogP contribution is -2.32. The second-order valence-corrected chi connectivity index (χ2v) is 3.62. The highest BCUT2D eigenvalue weighted by Crippen LogP contribution is 2.04. The molecular formula is C10H15N5O3. The summed E-state index contributed by atoms with van der Waals surface area (Å²) in [5.41, 5.74) is 1.66. The highest BCUT2D eigenvalue weighted by molar-refractivity contribution is 5.92. The first kappa shape index (κ1) is 13.8. The maximum atomic E-state index is 11.0. The monoisotopic (exact) mass is 253 g/mol. The van der Waals surface area contributed by atoms with Crippen LogP contribution in [-0.4, -0.2) is 47.1 Å². The van der Waals surface area contributed by atoms with Gasteiger partial charge in [0.1, 0.15) is 0 Å². The average Bonchev–Trinajstić information content (AvgIpc) is 2.37. The van der Waals surface area contributed by atoms with Gasteiger partial charge in [-0.15, -0.1) is 0 Å². The van der Waals surface area contributed by atoms with Crippen LogP contribution in [0.5, 0.6) is 0 Å². The maximum absolute atomic E-state index is 11.0. The Kier molecular flexibility index (Phi) is 5.00. The molecule has 0 aliphatic heterocycles. The molecule has 0 aliphatic rings. The van der Waals surface area contributed by atoms with Crippen LogP contribution in [-0.2, 0) is 4.79 Å². The van der Waals surface area contributed by atoms with Crippen LogP contribution in [0.3, 0.4) is 0 Å². The van der Waals surface area contributed by atoms with Crippen molar-refractivity contribution in [3.63, 3.8) is 0 Å². The largest absolute Gasteiger partial charge is 0.355 e. The van der Waals surface area contributed by atoms with E-state index >= 15 is 0 Å². The topological polar surface area (TPSA) is 107 Å². The number of amides is 2. The molecule has 0 saturated carbocycles. The van der Waals surface area contributed by atoms with Crippen molar-refractivity contribution in [3.05, 3.63) is 18.0 Å². The smallest absolute Gasteiger partial charge is 0.277 e. The molecule has 0 aromatic carbocycles. The van der Waals surface area contributed by atoms with Crippen LogP contribution in [0.4, 0.5) is 5.95 Å². The SMILES string of the molecule is CC(=O)NCCN(C)c1ncc(C(=O)NO)cn1. The zero-order chi connectivity index (χ0) is 13.5. The van der Waals surface area contributed by atoms with E-state index in [0.717, 1.165) is 0 Å². The van der Waals surface area contributed by atoms with Crippen LogP contribution in [0.2, 0.25) is 0 Å². The summed E-state index contributed by atoms with van der Waals surface area (Å²) in [5.74, 6) is -0.337. The Morgan fingerprint density at radius 2 is 2.00 bits per heavy atom. The standard InChI is InChI=1S/C10H15N5O3/c1-7(16)11-3-4-15(2)10-12-5-8(6-13-10)9(17)14-18/h5-6,18H,3-4H2,1-2H3,(H,11,16)(H,14,17). The van der Waals surface area contributed by atoms with Gasteiger partial charge in [0, 0.05) is 39.5 Å². The van der Waals surface area contributed by atoms with Gasteiger partial charge in [0.25, 0.3) is 5.91 Å². The quantitative estimate of drug-likeness (QED) is 0.467. The van der Waals surface area contributed by atoms with E-state index in [2.05, 4.69) is 15.3 Å². The second-order valence-electron chi connectivity index (χ2n) is 3.62. The number of carbonyl (C=O) groups excluding carboxylic acids is 2. The molecule has 3 N–H and O–H groups in total. The Morgan fingerprint density at radius 1 is 1.39 bits per heavy atom. The number of rotatable bonds is 5. The van der Waals surface area contributed by atoms with Gasteiger partial charge in [-0.05, 0) is 0 Å². The molecule has 98 valence electrons. The average molecular weight is 253 g/mol. The predicted molar refractivity (Wildman–Crippen MR) is 63.2 cm³/mol. The first-order valence-corrected chi connectivity index (χ1v) is 5.26. The van der Waals surface area contributed by atoms with Crippen LogP contribution < -0.4 is 15.7 Å². The zero-order valence-corrected chi connectivity index (χ0v) is 10.2. The van der Waals surface area contributed by atoms with Crippen molar-refractivity contribution in [2.45, 2.75) is 6.92 Å². The maximum Gasteiger partial charge on any atom is 0.277 e. The van der Waals surface area contributed by atoms with Crippen LogP contribution >= 0.6 is 0 Å². The molecule has 0 atom stereocenters. The lowest BCUT2D eigenvalue weighted by molar-refractivity contribution is -0.118. The highest BCUT2D eigenvalue weighted by atomic mass is 16.5. The number of hydroxylamine groups is 1. The van der Waals surface area contributed by atoms with Crippen molar-refractivity contribution < 1.29 is 14.8 Å². The molecule has 0 fully saturated rings. The summed E-state index contributed by atoms with van der Waals surface area (Å²) < 4.78 is 0. The molecule has 0 radical (unpaired) electrons. The van der Waals surface area contributed by atoms with E-state index in [-0.39, 0.29) is 11.5 Å². The van der Waals surface area contributed by atoms with Crippen LogP contribution in [0, 0.1) is 0 Å². The van der Waals surface area contributed by atoms with Gasteiger partial charge in [0.15, 0.2) is 0 Å². The van der Waals surface area contributed by atoms with Gasteiger partial charge < -0.3 is 10.2 Å². The number of hydrogen-bond donors (Lipinski definition) is 3. The molecule has 1 rings (SSSR count). The summed E-state index contributed by atoms with van der Waals surface area (Å²) in [6.45, 7) is 2.47. The third-order valence-electron chi connectivity index (χ3n) is 2.16. The Morgan fingerprint density at radius 3 is 2.50 bits per heavy atom. The molecule has 0 spiro atoms. The predicted octanol–water partition coefficient (Wildman–Crippen LogP) is -0.832. The Bertz CT molecular complexity index is 420. The third kappa shape index (κ3) is 3.98. The van der Waals surface area contributed by atoms with Crippen molar-refractivity contribution in [2.75, 3.05) is 25.0 Å². The van der Waals surface area contributed by atoms with E-state index < -0.39 is 5.91 Å². The molecular weight excluding hydrogens is 238 g/mol. The van der Waals surface area contributed by atoms with Crippen molar-refractivity contribution in [1.29, 1.82) is 0 Å². The number of nitrogens with zero attached hydrogens (tertiary/aromatic N) is 3. The number of aromatic nitrogens is 2. The first-order valence-electron chi connectivity index (χ1n) is 5.26. The molecule has 1 aromatic rings. The first-order chi connectivity index (χ1) is 8.54. The fourth-order valence-corrected chi connectivity index (χ4v) is 1.20. The normalized spacial score (nSPS) is 9.72. The van der Waals surface area contributed by atoms with Crippen LogP contribution in [0.25, 0.3) is 0 Å². The van der Waals surface area contributed by atoms with E-state index in [4.69, 9.17) is 5.21 Å². The molecule has 1 aromatic heterocycles. The number of likely N-dealkylation sites (N-methyl/N-ethyl adjacent to an activating group) is 1. The fraction of sp³-hybridized carbons (Fsp3) is 0.400. The lowest BCUT2D eigenvalue weighted by atomic mass is 10.3. The molecule has 1 heterocycles. The van der Waals surface area contributed by atoms with Gasteiger partial charge in [-0.1, -0.05) is 0 Å². The molecule has 8 heteroatoms. The van der Waals surface area contributed by atoms with Crippen LogP contribution in [0.15, 0.2) is 12.4 Å². The fourth-order valence-electron chi connectivity index (χ4n) is 1.20. The van der Waals surface area contributed by atoms with E-state index in [1.165, 1.54) is 24.8 Å². The van der Waals surface area contributed by atoms with Crippen molar-refractivity contribution >= 4 is 17.8 Å². The number of hydrogen-bond acceptors (Lipinski definition) is 6. The number of anilines is 1. The van der Waals surface area contributed by atoms with Crippen molar-refractivity contribution in [3.8, 4) is 0 Å². The van der Waals surface area contributed by atoms with Crippen molar-refractivity contribution in [2.24, 2.45) is 0 Å². The summed E-state index contributed by atoms with van der Waals surface area (Å²) >= 11 is 0. The van der Waals surface area contributed by atoms with E-state index in [0.29, 0.717) is 19.0 Å². The lowest BCUT2D eigenvalue weighted by Gasteiger charge is -2.16. The van der Waals surface area contributed by atoms with E-state index in [1.54, 1.807) is 11.9 Å². The summed E-state index contributed by atoms with van der Waals surface area (Å²) in [6.07, 6.45) is 2.62. The second kappa shape index (κ2) is 6.50. The number of carbonyl (C=O) groups is 2. The van der Waals surface area contributed by atoms with Crippen LogP contribution in [0.1, 0.15) is 17.3 Å². The summed E-state index contributed by atoms with van der Waals surface area (Å²) in [6, 6.07) is 0. The summed E-state index contributed by atoms with van der Waals surface area (Å²) in [4.78, 5) is 31.4. The van der Waals surface area contributed by atoms with Gasteiger partial charge in [-0.25, -0.2) is 15.4 Å². The molecule has 0 bridgehead atoms. The molecule has 0 saturated heterocycles. The van der Waals surface area contributed by atoms with Gasteiger partial charge in [0.2, 0.25) is 11.9 Å². The number of nitrogens with one attached hydrogen (secondary N) is 2. The Hall–Kier alpha value is -2.22. The van der Waals surface area contributed by atoms with E-state index in [1.807, 2.05) is 0 Å². The highest BCUT2D eigenvalue weighted by Gasteiger charge is 2.08. The molecule has 2 amide bonds. The minimum Gasteiger partial charge on any atom is -0.355 e. The minimum atomic E-state index is -0.664. The van der Waals surface area contributed by atoms with Gasteiger partial charge in [-0.2, -0.15) is 0 Å². The summed E-state index contributed by atoms with van der Waals surface area (Å²) in [5, 5.41) is 11.1. The van der Waals surface area contributed by atoms with Gasteiger partial charge >= 0.3 is 0 Å². The minimum absolute atomic E-state index is 0.0979. The van der Waals surface area contributed by atoms with Crippen molar-refractivity contribution in [1.82, 2.24) is 20.8 Å². The van der Waals surface area contributed by atoms with Gasteiger partial charge in [-0.3, -0.25) is 14.8 Å². The third-order valence-corrected chi connectivity index (χ3v) is 2.16. The summed E-state index contributed by atoms with van der Waals surface area (Å²) in [7, 11) is 1.77. The van der Waals surface area contributed by atoms with E-state index in [9.17, 15) is 9.59 Å². The molecule has 8 nitrogen and oxygen atoms in total. The zero-order valence-electron chi connectivity index (χ0n) is 10.2.